The Morgan fingerprint density at radius 3 is 2.88 bits per heavy atom. The van der Waals surface area contributed by atoms with Crippen molar-refractivity contribution in [2.45, 2.75) is 13.5 Å². The third kappa shape index (κ3) is 3.43. The highest BCUT2D eigenvalue weighted by molar-refractivity contribution is 5.93. The van der Waals surface area contributed by atoms with E-state index in [1.807, 2.05) is 37.4 Å². The van der Waals surface area contributed by atoms with E-state index in [0.29, 0.717) is 24.4 Å². The summed E-state index contributed by atoms with van der Waals surface area (Å²) < 4.78 is 8.62. The van der Waals surface area contributed by atoms with Crippen LogP contribution in [0, 0.1) is 6.92 Å². The maximum absolute atomic E-state index is 12.2. The number of para-hydroxylation sites is 2. The second kappa shape index (κ2) is 6.95. The predicted molar refractivity (Wildman–Crippen MR) is 87.2 cm³/mol. The summed E-state index contributed by atoms with van der Waals surface area (Å²) >= 11 is 0. The fourth-order valence-electron chi connectivity index (χ4n) is 2.28. The largest absolute Gasteiger partial charge is 0.494 e. The first-order valence-corrected chi connectivity index (χ1v) is 7.50. The molecule has 24 heavy (non-hydrogen) atoms. The summed E-state index contributed by atoms with van der Waals surface area (Å²) in [5, 5.41) is 14.9. The summed E-state index contributed by atoms with van der Waals surface area (Å²) in [4.78, 5) is 12.2. The highest BCUT2D eigenvalue weighted by Gasteiger charge is 2.11. The SMILES string of the molecule is COc1ccccc1-n1cc(C(=O)NCCn2cc(C)nn2)cn1. The number of aryl methyl sites for hydroxylation is 1. The Labute approximate surface area is 139 Å². The number of carbonyl (C=O) groups is 1. The molecule has 0 radical (unpaired) electrons. The fourth-order valence-corrected chi connectivity index (χ4v) is 2.28. The lowest BCUT2D eigenvalue weighted by Crippen LogP contribution is -2.27. The average molecular weight is 326 g/mol. The Balaban J connectivity index is 1.63. The number of rotatable bonds is 6. The number of nitrogens with zero attached hydrogens (tertiary/aromatic N) is 5. The van der Waals surface area contributed by atoms with Gasteiger partial charge in [-0.2, -0.15) is 5.10 Å². The monoisotopic (exact) mass is 326 g/mol. The van der Waals surface area contributed by atoms with Crippen LogP contribution in [0.2, 0.25) is 0 Å². The smallest absolute Gasteiger partial charge is 0.254 e. The van der Waals surface area contributed by atoms with Crippen molar-refractivity contribution in [3.8, 4) is 11.4 Å². The molecule has 3 rings (SSSR count). The second-order valence-corrected chi connectivity index (χ2v) is 5.22. The molecule has 2 aromatic heterocycles. The summed E-state index contributed by atoms with van der Waals surface area (Å²) in [5.41, 5.74) is 2.10. The molecule has 3 aromatic rings. The number of hydrogen-bond donors (Lipinski definition) is 1. The third-order valence-corrected chi connectivity index (χ3v) is 3.46. The van der Waals surface area contributed by atoms with Crippen LogP contribution in [0.3, 0.4) is 0 Å². The van der Waals surface area contributed by atoms with Crippen molar-refractivity contribution in [2.75, 3.05) is 13.7 Å². The van der Waals surface area contributed by atoms with Gasteiger partial charge in [-0.15, -0.1) is 5.10 Å². The molecule has 0 fully saturated rings. The highest BCUT2D eigenvalue weighted by atomic mass is 16.5. The Hall–Kier alpha value is -3.16. The van der Waals surface area contributed by atoms with Gasteiger partial charge in [0.15, 0.2) is 0 Å². The van der Waals surface area contributed by atoms with Gasteiger partial charge in [-0.1, -0.05) is 17.3 Å². The first-order valence-electron chi connectivity index (χ1n) is 7.50. The summed E-state index contributed by atoms with van der Waals surface area (Å²) in [5.74, 6) is 0.502. The zero-order chi connectivity index (χ0) is 16.9. The van der Waals surface area contributed by atoms with Crippen LogP contribution in [-0.2, 0) is 6.54 Å². The predicted octanol–water partition coefficient (Wildman–Crippen LogP) is 1.21. The number of carbonyl (C=O) groups excluding carboxylic acids is 1. The zero-order valence-electron chi connectivity index (χ0n) is 13.5. The van der Waals surface area contributed by atoms with Crippen LogP contribution in [0.1, 0.15) is 16.1 Å². The number of nitrogens with one attached hydrogen (secondary N) is 1. The lowest BCUT2D eigenvalue weighted by Gasteiger charge is -2.07. The van der Waals surface area contributed by atoms with Crippen LogP contribution in [-0.4, -0.2) is 44.3 Å². The minimum absolute atomic E-state index is 0.187. The number of aromatic nitrogens is 5. The molecule has 1 amide bonds. The molecule has 124 valence electrons. The summed E-state index contributed by atoms with van der Waals surface area (Å²) in [6.45, 7) is 2.89. The number of amides is 1. The van der Waals surface area contributed by atoms with E-state index in [2.05, 4.69) is 20.7 Å². The van der Waals surface area contributed by atoms with Gasteiger partial charge >= 0.3 is 0 Å². The average Bonchev–Trinajstić information content (AvgIpc) is 3.24. The van der Waals surface area contributed by atoms with E-state index in [0.717, 1.165) is 11.4 Å². The third-order valence-electron chi connectivity index (χ3n) is 3.46. The van der Waals surface area contributed by atoms with Crippen molar-refractivity contribution in [1.82, 2.24) is 30.1 Å². The van der Waals surface area contributed by atoms with Crippen molar-refractivity contribution >= 4 is 5.91 Å². The molecule has 0 unspecified atom stereocenters. The molecule has 0 atom stereocenters. The van der Waals surface area contributed by atoms with E-state index >= 15 is 0 Å². The number of hydrogen-bond acceptors (Lipinski definition) is 5. The fraction of sp³-hybridized carbons (Fsp3) is 0.250. The lowest BCUT2D eigenvalue weighted by atomic mass is 10.3. The van der Waals surface area contributed by atoms with Crippen molar-refractivity contribution in [3.05, 3.63) is 54.1 Å². The van der Waals surface area contributed by atoms with E-state index in [1.54, 1.807) is 22.7 Å². The number of ether oxygens (including phenoxy) is 1. The van der Waals surface area contributed by atoms with Gasteiger partial charge in [-0.05, 0) is 19.1 Å². The maximum atomic E-state index is 12.2. The van der Waals surface area contributed by atoms with E-state index in [9.17, 15) is 4.79 Å². The molecule has 0 spiro atoms. The molecule has 1 aromatic carbocycles. The quantitative estimate of drug-likeness (QED) is 0.736. The standard InChI is InChI=1S/C16H18N6O2/c1-12-10-21(20-19-12)8-7-17-16(23)13-9-18-22(11-13)14-5-3-4-6-15(14)24-2/h3-6,9-11H,7-8H2,1-2H3,(H,17,23). The molecule has 8 heteroatoms. The van der Waals surface area contributed by atoms with E-state index in [-0.39, 0.29) is 5.91 Å². The van der Waals surface area contributed by atoms with Crippen molar-refractivity contribution in [3.63, 3.8) is 0 Å². The number of benzene rings is 1. The van der Waals surface area contributed by atoms with E-state index in [4.69, 9.17) is 4.74 Å². The highest BCUT2D eigenvalue weighted by Crippen LogP contribution is 2.21. The molecule has 0 saturated heterocycles. The number of methoxy groups -OCH3 is 1. The molecule has 1 N–H and O–H groups in total. The lowest BCUT2D eigenvalue weighted by molar-refractivity contribution is 0.0952. The van der Waals surface area contributed by atoms with Crippen LogP contribution in [0.5, 0.6) is 5.75 Å². The van der Waals surface area contributed by atoms with Gasteiger partial charge in [-0.25, -0.2) is 4.68 Å². The van der Waals surface area contributed by atoms with Gasteiger partial charge in [0.25, 0.3) is 5.91 Å². The van der Waals surface area contributed by atoms with Gasteiger partial charge in [0.1, 0.15) is 11.4 Å². The normalized spacial score (nSPS) is 10.6. The van der Waals surface area contributed by atoms with Crippen LogP contribution >= 0.6 is 0 Å². The zero-order valence-corrected chi connectivity index (χ0v) is 13.5. The first kappa shape index (κ1) is 15.7. The molecule has 0 aliphatic rings. The minimum Gasteiger partial charge on any atom is -0.494 e. The minimum atomic E-state index is -0.187. The Kier molecular flexibility index (Phi) is 4.55. The van der Waals surface area contributed by atoms with Gasteiger partial charge in [0, 0.05) is 18.9 Å². The molecule has 8 nitrogen and oxygen atoms in total. The van der Waals surface area contributed by atoms with Crippen LogP contribution in [0.4, 0.5) is 0 Å². The van der Waals surface area contributed by atoms with Crippen molar-refractivity contribution in [1.29, 1.82) is 0 Å². The Morgan fingerprint density at radius 1 is 1.29 bits per heavy atom. The Morgan fingerprint density at radius 2 is 2.12 bits per heavy atom. The second-order valence-electron chi connectivity index (χ2n) is 5.22. The van der Waals surface area contributed by atoms with Gasteiger partial charge < -0.3 is 10.1 Å². The summed E-state index contributed by atoms with van der Waals surface area (Å²) in [7, 11) is 1.60. The first-order chi connectivity index (χ1) is 11.7. The molecular formula is C16H18N6O2. The van der Waals surface area contributed by atoms with Gasteiger partial charge in [0.05, 0.1) is 31.1 Å². The van der Waals surface area contributed by atoms with Gasteiger partial charge in [-0.3, -0.25) is 9.48 Å². The summed E-state index contributed by atoms with van der Waals surface area (Å²) in [6.07, 6.45) is 5.03. The van der Waals surface area contributed by atoms with Crippen LogP contribution in [0.15, 0.2) is 42.9 Å². The van der Waals surface area contributed by atoms with E-state index < -0.39 is 0 Å². The summed E-state index contributed by atoms with van der Waals surface area (Å²) in [6, 6.07) is 7.49. The molecule has 0 saturated carbocycles. The molecule has 0 bridgehead atoms. The van der Waals surface area contributed by atoms with E-state index in [1.165, 1.54) is 6.20 Å². The molecule has 0 aliphatic carbocycles. The van der Waals surface area contributed by atoms with Crippen LogP contribution < -0.4 is 10.1 Å². The topological polar surface area (TPSA) is 86.9 Å². The van der Waals surface area contributed by atoms with Crippen molar-refractivity contribution in [2.24, 2.45) is 0 Å². The molecule has 2 heterocycles. The van der Waals surface area contributed by atoms with Crippen LogP contribution in [0.25, 0.3) is 5.69 Å². The Bertz CT molecular complexity index is 838. The molecule has 0 aliphatic heterocycles. The maximum Gasteiger partial charge on any atom is 0.254 e. The molecular weight excluding hydrogens is 308 g/mol. The van der Waals surface area contributed by atoms with Gasteiger partial charge in [0.2, 0.25) is 0 Å². The van der Waals surface area contributed by atoms with Crippen molar-refractivity contribution < 1.29 is 9.53 Å².